The quantitative estimate of drug-likeness (QED) is 0.903. The summed E-state index contributed by atoms with van der Waals surface area (Å²) in [5.41, 5.74) is 3.49. The molecular formula is C21H23N3O. The molecule has 0 saturated carbocycles. The van der Waals surface area contributed by atoms with Gasteiger partial charge in [0.05, 0.1) is 17.1 Å². The van der Waals surface area contributed by atoms with Crippen molar-refractivity contribution >= 4 is 23.0 Å². The molecule has 0 unspecified atom stereocenters. The van der Waals surface area contributed by atoms with Crippen molar-refractivity contribution in [2.75, 3.05) is 18.4 Å². The summed E-state index contributed by atoms with van der Waals surface area (Å²) in [7, 11) is 0. The summed E-state index contributed by atoms with van der Waals surface area (Å²) in [6.45, 7) is 1.89. The molecule has 2 aromatic carbocycles. The van der Waals surface area contributed by atoms with E-state index in [1.165, 1.54) is 12.8 Å². The van der Waals surface area contributed by atoms with Crippen molar-refractivity contribution in [1.82, 2.24) is 4.90 Å². The highest BCUT2D eigenvalue weighted by atomic mass is 16.2. The third-order valence-corrected chi connectivity index (χ3v) is 4.99. The molecule has 0 aromatic heterocycles. The monoisotopic (exact) mass is 333 g/mol. The number of amides is 1. The van der Waals surface area contributed by atoms with Gasteiger partial charge < -0.3 is 5.32 Å². The number of nitrogens with zero attached hydrogens (tertiary/aromatic N) is 2. The Labute approximate surface area is 148 Å². The maximum absolute atomic E-state index is 13.1. The Balaban J connectivity index is 1.81. The van der Waals surface area contributed by atoms with E-state index in [0.29, 0.717) is 0 Å². The highest BCUT2D eigenvalue weighted by Gasteiger charge is 2.34. The van der Waals surface area contributed by atoms with E-state index in [9.17, 15) is 4.79 Å². The Hall–Kier alpha value is -2.46. The summed E-state index contributed by atoms with van der Waals surface area (Å²) >= 11 is 0. The number of fused-ring (bicyclic) bond motifs is 1. The molecule has 4 nitrogen and oxygen atoms in total. The molecule has 1 atom stereocenters. The van der Waals surface area contributed by atoms with Crippen LogP contribution in [0.25, 0.3) is 0 Å². The number of aliphatic imine (C=N–C) groups is 1. The number of benzene rings is 2. The van der Waals surface area contributed by atoms with E-state index in [4.69, 9.17) is 4.99 Å². The lowest BCUT2D eigenvalue weighted by Gasteiger charge is -2.29. The number of likely N-dealkylation sites (tertiary alicyclic amines) is 1. The molecule has 0 aliphatic carbocycles. The number of hydrogen-bond donors (Lipinski definition) is 1. The Morgan fingerprint density at radius 1 is 0.880 bits per heavy atom. The number of nitrogens with one attached hydrogen (secondary N) is 1. The Bertz CT molecular complexity index is 777. The van der Waals surface area contributed by atoms with Gasteiger partial charge in [0.15, 0.2) is 0 Å². The molecular weight excluding hydrogens is 310 g/mol. The van der Waals surface area contributed by atoms with Crippen molar-refractivity contribution in [1.29, 1.82) is 0 Å². The zero-order valence-corrected chi connectivity index (χ0v) is 14.3. The van der Waals surface area contributed by atoms with Crippen LogP contribution >= 0.6 is 0 Å². The molecule has 4 heteroatoms. The molecule has 2 aromatic rings. The first-order chi connectivity index (χ1) is 12.3. The lowest BCUT2D eigenvalue weighted by Crippen LogP contribution is -2.49. The van der Waals surface area contributed by atoms with Gasteiger partial charge in [0, 0.05) is 0 Å². The Morgan fingerprint density at radius 2 is 1.56 bits per heavy atom. The molecule has 0 spiro atoms. The normalized spacial score (nSPS) is 21.5. The first-order valence-corrected chi connectivity index (χ1v) is 9.11. The molecule has 1 saturated heterocycles. The lowest BCUT2D eigenvalue weighted by molar-refractivity contribution is -0.119. The van der Waals surface area contributed by atoms with Crippen molar-refractivity contribution in [3.63, 3.8) is 0 Å². The SMILES string of the molecule is O=C1Nc2ccccc2N=C(c2ccccc2)[C@H]1N1CCCCCC1. The van der Waals surface area contributed by atoms with Crippen molar-refractivity contribution in [2.45, 2.75) is 31.7 Å². The number of anilines is 1. The van der Waals surface area contributed by atoms with E-state index in [-0.39, 0.29) is 11.9 Å². The standard InChI is InChI=1S/C21H23N3O/c25-21-20(24-14-8-1-2-9-15-24)19(16-10-4-3-5-11-16)22-17-12-6-7-13-18(17)23-21/h3-7,10-13,20H,1-2,8-9,14-15H2,(H,23,25)/t20-/m1/s1. The van der Waals surface area contributed by atoms with Crippen LogP contribution in [0.15, 0.2) is 59.6 Å². The van der Waals surface area contributed by atoms with Gasteiger partial charge in [-0.05, 0) is 43.6 Å². The van der Waals surface area contributed by atoms with Crippen LogP contribution in [-0.4, -0.2) is 35.7 Å². The van der Waals surface area contributed by atoms with Gasteiger partial charge in [0.1, 0.15) is 6.04 Å². The molecule has 1 N–H and O–H groups in total. The average molecular weight is 333 g/mol. The van der Waals surface area contributed by atoms with Crippen LogP contribution in [0, 0.1) is 0 Å². The van der Waals surface area contributed by atoms with Crippen molar-refractivity contribution < 1.29 is 4.79 Å². The van der Waals surface area contributed by atoms with Gasteiger partial charge in [0.2, 0.25) is 5.91 Å². The van der Waals surface area contributed by atoms with Crippen molar-refractivity contribution in [3.8, 4) is 0 Å². The first kappa shape index (κ1) is 16.0. The smallest absolute Gasteiger partial charge is 0.248 e. The topological polar surface area (TPSA) is 44.7 Å². The third-order valence-electron chi connectivity index (χ3n) is 4.99. The molecule has 2 aliphatic heterocycles. The minimum Gasteiger partial charge on any atom is -0.322 e. The van der Waals surface area contributed by atoms with E-state index in [1.54, 1.807) is 0 Å². The molecule has 1 amide bonds. The summed E-state index contributed by atoms with van der Waals surface area (Å²) in [4.78, 5) is 20.4. The summed E-state index contributed by atoms with van der Waals surface area (Å²) < 4.78 is 0. The minimum atomic E-state index is -0.340. The van der Waals surface area contributed by atoms with E-state index >= 15 is 0 Å². The fourth-order valence-corrected chi connectivity index (χ4v) is 3.72. The summed E-state index contributed by atoms with van der Waals surface area (Å²) in [5.74, 6) is 0.0226. The van der Waals surface area contributed by atoms with Gasteiger partial charge >= 0.3 is 0 Å². The summed E-state index contributed by atoms with van der Waals surface area (Å²) in [6, 6.07) is 17.5. The maximum Gasteiger partial charge on any atom is 0.248 e. The fourth-order valence-electron chi connectivity index (χ4n) is 3.72. The van der Waals surface area contributed by atoms with E-state index in [2.05, 4.69) is 10.2 Å². The van der Waals surface area contributed by atoms with Crippen LogP contribution in [0.4, 0.5) is 11.4 Å². The first-order valence-electron chi connectivity index (χ1n) is 9.11. The van der Waals surface area contributed by atoms with Gasteiger partial charge in [-0.1, -0.05) is 55.3 Å². The predicted molar refractivity (Wildman–Crippen MR) is 102 cm³/mol. The maximum atomic E-state index is 13.1. The summed E-state index contributed by atoms with van der Waals surface area (Å²) in [6.07, 6.45) is 4.75. The zero-order valence-electron chi connectivity index (χ0n) is 14.3. The minimum absolute atomic E-state index is 0.0226. The van der Waals surface area contributed by atoms with Gasteiger partial charge in [-0.3, -0.25) is 9.69 Å². The average Bonchev–Trinajstić information content (AvgIpc) is 2.99. The highest BCUT2D eigenvalue weighted by Crippen LogP contribution is 2.30. The van der Waals surface area contributed by atoms with Crippen LogP contribution in [0.5, 0.6) is 0 Å². The number of para-hydroxylation sites is 2. The molecule has 0 bridgehead atoms. The van der Waals surface area contributed by atoms with Crippen molar-refractivity contribution in [2.24, 2.45) is 4.99 Å². The lowest BCUT2D eigenvalue weighted by atomic mass is 10.0. The molecule has 0 radical (unpaired) electrons. The second kappa shape index (κ2) is 7.19. The second-order valence-corrected chi connectivity index (χ2v) is 6.72. The molecule has 25 heavy (non-hydrogen) atoms. The van der Waals surface area contributed by atoms with Crippen molar-refractivity contribution in [3.05, 3.63) is 60.2 Å². The zero-order chi connectivity index (χ0) is 17.1. The molecule has 2 aliphatic rings. The number of carbonyl (C=O) groups excluding carboxylic acids is 1. The van der Waals surface area contributed by atoms with E-state index in [0.717, 1.165) is 48.6 Å². The summed E-state index contributed by atoms with van der Waals surface area (Å²) in [5, 5.41) is 3.09. The van der Waals surface area contributed by atoms with Gasteiger partial charge in [-0.25, -0.2) is 4.99 Å². The molecule has 128 valence electrons. The van der Waals surface area contributed by atoms with Gasteiger partial charge in [0.25, 0.3) is 0 Å². The van der Waals surface area contributed by atoms with Crippen LogP contribution < -0.4 is 5.32 Å². The number of carbonyl (C=O) groups is 1. The largest absolute Gasteiger partial charge is 0.322 e. The van der Waals surface area contributed by atoms with E-state index in [1.807, 2.05) is 54.6 Å². The highest BCUT2D eigenvalue weighted by molar-refractivity contribution is 6.22. The Morgan fingerprint density at radius 3 is 2.32 bits per heavy atom. The van der Waals surface area contributed by atoms with Crippen LogP contribution in [0.1, 0.15) is 31.2 Å². The predicted octanol–water partition coefficient (Wildman–Crippen LogP) is 4.00. The second-order valence-electron chi connectivity index (χ2n) is 6.72. The number of rotatable bonds is 2. The fraction of sp³-hybridized carbons (Fsp3) is 0.333. The molecule has 1 fully saturated rings. The van der Waals surface area contributed by atoms with Crippen LogP contribution in [-0.2, 0) is 4.79 Å². The molecule has 2 heterocycles. The van der Waals surface area contributed by atoms with Gasteiger partial charge in [-0.2, -0.15) is 0 Å². The van der Waals surface area contributed by atoms with Crippen LogP contribution in [0.3, 0.4) is 0 Å². The van der Waals surface area contributed by atoms with E-state index < -0.39 is 0 Å². The molecule has 4 rings (SSSR count). The number of hydrogen-bond acceptors (Lipinski definition) is 3. The third kappa shape index (κ3) is 3.35. The van der Waals surface area contributed by atoms with Crippen LogP contribution in [0.2, 0.25) is 0 Å². The Kier molecular flexibility index (Phi) is 4.61. The van der Waals surface area contributed by atoms with Gasteiger partial charge in [-0.15, -0.1) is 0 Å².